The molecule has 2 aromatic heterocycles. The van der Waals surface area contributed by atoms with Crippen LogP contribution in [0.3, 0.4) is 0 Å². The minimum Gasteiger partial charge on any atom is -0.365 e. The van der Waals surface area contributed by atoms with E-state index in [9.17, 15) is 0 Å². The number of nitrogens with one attached hydrogen (secondary N) is 1. The highest BCUT2D eigenvalue weighted by Gasteiger charge is 2.20. The van der Waals surface area contributed by atoms with Crippen molar-refractivity contribution in [1.29, 1.82) is 0 Å². The topological polar surface area (TPSA) is 55.6 Å². The summed E-state index contributed by atoms with van der Waals surface area (Å²) in [5, 5.41) is 3.79. The number of rotatable bonds is 4. The van der Waals surface area contributed by atoms with Gasteiger partial charge in [-0.15, -0.1) is 0 Å². The minimum atomic E-state index is 0.257. The molecule has 2 aromatic rings. The standard InChI is InChI=1S/C14H20ClN5/c1-3-9(2)20-8-16-12-11(20)13(19-14(15)18-12)17-10-6-4-5-7-10/h8-10H,3-7H2,1-2H3,(H,17,18,19). The lowest BCUT2D eigenvalue weighted by atomic mass is 10.2. The Labute approximate surface area is 123 Å². The van der Waals surface area contributed by atoms with Gasteiger partial charge in [0.15, 0.2) is 11.5 Å². The van der Waals surface area contributed by atoms with Gasteiger partial charge in [-0.25, -0.2) is 4.98 Å². The van der Waals surface area contributed by atoms with Gasteiger partial charge in [0.05, 0.1) is 6.33 Å². The zero-order valence-corrected chi connectivity index (χ0v) is 12.7. The van der Waals surface area contributed by atoms with Crippen molar-refractivity contribution in [3.05, 3.63) is 11.6 Å². The van der Waals surface area contributed by atoms with Gasteiger partial charge in [0.2, 0.25) is 5.28 Å². The molecule has 0 radical (unpaired) electrons. The fraction of sp³-hybridized carbons (Fsp3) is 0.643. The summed E-state index contributed by atoms with van der Waals surface area (Å²) in [4.78, 5) is 13.0. The molecule has 1 saturated carbocycles. The highest BCUT2D eigenvalue weighted by Crippen LogP contribution is 2.28. The van der Waals surface area contributed by atoms with Crippen molar-refractivity contribution in [1.82, 2.24) is 19.5 Å². The van der Waals surface area contributed by atoms with E-state index < -0.39 is 0 Å². The Morgan fingerprint density at radius 1 is 1.40 bits per heavy atom. The van der Waals surface area contributed by atoms with E-state index in [1.165, 1.54) is 25.7 Å². The van der Waals surface area contributed by atoms with Gasteiger partial charge in [-0.3, -0.25) is 0 Å². The molecule has 108 valence electrons. The second-order valence-electron chi connectivity index (χ2n) is 5.55. The first-order valence-corrected chi connectivity index (χ1v) is 7.73. The average Bonchev–Trinajstić information content (AvgIpc) is 3.06. The lowest BCUT2D eigenvalue weighted by molar-refractivity contribution is 0.544. The van der Waals surface area contributed by atoms with Gasteiger partial charge >= 0.3 is 0 Å². The normalized spacial score (nSPS) is 17.8. The summed E-state index contributed by atoms with van der Waals surface area (Å²) in [5.74, 6) is 0.824. The van der Waals surface area contributed by atoms with E-state index in [4.69, 9.17) is 11.6 Å². The van der Waals surface area contributed by atoms with Crippen LogP contribution >= 0.6 is 11.6 Å². The molecule has 2 heterocycles. The van der Waals surface area contributed by atoms with E-state index in [-0.39, 0.29) is 5.28 Å². The number of anilines is 1. The number of nitrogens with zero attached hydrogens (tertiary/aromatic N) is 4. The molecule has 0 aliphatic heterocycles. The van der Waals surface area contributed by atoms with Crippen LogP contribution in [0.25, 0.3) is 11.2 Å². The highest BCUT2D eigenvalue weighted by molar-refractivity contribution is 6.28. The fourth-order valence-electron chi connectivity index (χ4n) is 2.81. The molecule has 5 nitrogen and oxygen atoms in total. The Bertz CT molecular complexity index is 603. The van der Waals surface area contributed by atoms with E-state index in [0.717, 1.165) is 17.8 Å². The summed E-state index contributed by atoms with van der Waals surface area (Å²) in [5.41, 5.74) is 1.64. The maximum Gasteiger partial charge on any atom is 0.226 e. The second kappa shape index (κ2) is 5.56. The zero-order chi connectivity index (χ0) is 14.1. The molecule has 1 N–H and O–H groups in total. The van der Waals surface area contributed by atoms with E-state index in [1.54, 1.807) is 0 Å². The van der Waals surface area contributed by atoms with Crippen LogP contribution in [-0.2, 0) is 0 Å². The summed E-state index contributed by atoms with van der Waals surface area (Å²) in [6.07, 6.45) is 7.83. The molecule has 3 rings (SSSR count). The number of fused-ring (bicyclic) bond motifs is 1. The molecule has 1 aliphatic rings. The van der Waals surface area contributed by atoms with Crippen LogP contribution in [0.4, 0.5) is 5.82 Å². The third-order valence-corrected chi connectivity index (χ3v) is 4.33. The summed E-state index contributed by atoms with van der Waals surface area (Å²) >= 11 is 6.02. The molecule has 0 saturated heterocycles. The van der Waals surface area contributed by atoms with E-state index in [0.29, 0.717) is 17.7 Å². The number of hydrogen-bond donors (Lipinski definition) is 1. The molecule has 1 aliphatic carbocycles. The largest absolute Gasteiger partial charge is 0.365 e. The molecule has 0 bridgehead atoms. The van der Waals surface area contributed by atoms with Gasteiger partial charge < -0.3 is 9.88 Å². The van der Waals surface area contributed by atoms with Crippen molar-refractivity contribution >= 4 is 28.6 Å². The monoisotopic (exact) mass is 293 g/mol. The minimum absolute atomic E-state index is 0.257. The molecule has 1 fully saturated rings. The predicted molar refractivity (Wildman–Crippen MR) is 81.2 cm³/mol. The third kappa shape index (κ3) is 2.46. The molecule has 6 heteroatoms. The number of halogens is 1. The Kier molecular flexibility index (Phi) is 3.78. The van der Waals surface area contributed by atoms with Crippen molar-refractivity contribution in [2.75, 3.05) is 5.32 Å². The van der Waals surface area contributed by atoms with Gasteiger partial charge in [0.25, 0.3) is 0 Å². The SMILES string of the molecule is CCC(C)n1cnc2nc(Cl)nc(NC3CCCC3)c21. The quantitative estimate of drug-likeness (QED) is 0.871. The summed E-state index contributed by atoms with van der Waals surface area (Å²) < 4.78 is 2.14. The first kappa shape index (κ1) is 13.6. The van der Waals surface area contributed by atoms with Crippen LogP contribution in [0, 0.1) is 0 Å². The zero-order valence-electron chi connectivity index (χ0n) is 11.9. The maximum atomic E-state index is 6.02. The van der Waals surface area contributed by atoms with Crippen LogP contribution in [-0.4, -0.2) is 25.6 Å². The van der Waals surface area contributed by atoms with Gasteiger partial charge in [-0.05, 0) is 37.8 Å². The molecule has 20 heavy (non-hydrogen) atoms. The lowest BCUT2D eigenvalue weighted by Crippen LogP contribution is -2.17. The van der Waals surface area contributed by atoms with Crippen molar-refractivity contribution in [3.63, 3.8) is 0 Å². The van der Waals surface area contributed by atoms with E-state index in [1.807, 2.05) is 6.33 Å². The van der Waals surface area contributed by atoms with Crippen molar-refractivity contribution in [2.24, 2.45) is 0 Å². The Morgan fingerprint density at radius 2 is 2.15 bits per heavy atom. The summed E-state index contributed by atoms with van der Waals surface area (Å²) in [6, 6.07) is 0.860. The molecule has 0 amide bonds. The Hall–Kier alpha value is -1.36. The van der Waals surface area contributed by atoms with Gasteiger partial charge in [-0.1, -0.05) is 19.8 Å². The molecule has 0 spiro atoms. The van der Waals surface area contributed by atoms with E-state index >= 15 is 0 Å². The summed E-state index contributed by atoms with van der Waals surface area (Å²) in [6.45, 7) is 4.34. The van der Waals surface area contributed by atoms with Crippen LogP contribution in [0.5, 0.6) is 0 Å². The van der Waals surface area contributed by atoms with Crippen LogP contribution in [0.2, 0.25) is 5.28 Å². The molecule has 1 unspecified atom stereocenters. The number of aromatic nitrogens is 4. The van der Waals surface area contributed by atoms with Crippen LogP contribution in [0.15, 0.2) is 6.33 Å². The highest BCUT2D eigenvalue weighted by atomic mass is 35.5. The Morgan fingerprint density at radius 3 is 2.85 bits per heavy atom. The second-order valence-corrected chi connectivity index (χ2v) is 5.89. The van der Waals surface area contributed by atoms with Gasteiger partial charge in [0, 0.05) is 12.1 Å². The smallest absolute Gasteiger partial charge is 0.226 e. The lowest BCUT2D eigenvalue weighted by Gasteiger charge is -2.17. The maximum absolute atomic E-state index is 6.02. The summed E-state index contributed by atoms with van der Waals surface area (Å²) in [7, 11) is 0. The Balaban J connectivity index is 2.05. The number of hydrogen-bond acceptors (Lipinski definition) is 4. The van der Waals surface area contributed by atoms with E-state index in [2.05, 4.69) is 38.7 Å². The average molecular weight is 294 g/mol. The predicted octanol–water partition coefficient (Wildman–Crippen LogP) is 3.81. The first-order chi connectivity index (χ1) is 9.69. The molecule has 0 aromatic carbocycles. The molecular formula is C14H20ClN5. The van der Waals surface area contributed by atoms with Crippen molar-refractivity contribution in [2.45, 2.75) is 58.0 Å². The van der Waals surface area contributed by atoms with Crippen molar-refractivity contribution in [3.8, 4) is 0 Å². The van der Waals surface area contributed by atoms with Crippen LogP contribution < -0.4 is 5.32 Å². The molecular weight excluding hydrogens is 274 g/mol. The van der Waals surface area contributed by atoms with Gasteiger partial charge in [0.1, 0.15) is 5.52 Å². The third-order valence-electron chi connectivity index (χ3n) is 4.16. The van der Waals surface area contributed by atoms with Gasteiger partial charge in [-0.2, -0.15) is 9.97 Å². The first-order valence-electron chi connectivity index (χ1n) is 7.35. The number of imidazole rings is 1. The fourth-order valence-corrected chi connectivity index (χ4v) is 2.98. The van der Waals surface area contributed by atoms with Crippen LogP contribution in [0.1, 0.15) is 52.0 Å². The molecule has 1 atom stereocenters. The van der Waals surface area contributed by atoms with Crippen molar-refractivity contribution < 1.29 is 0 Å².